The van der Waals surface area contributed by atoms with Crippen molar-refractivity contribution in [2.45, 2.75) is 45.4 Å². The first-order valence-electron chi connectivity index (χ1n) is 7.29. The molecule has 3 nitrogen and oxygen atoms in total. The van der Waals surface area contributed by atoms with Crippen LogP contribution in [0.3, 0.4) is 0 Å². The van der Waals surface area contributed by atoms with E-state index in [2.05, 4.69) is 22.5 Å². The van der Waals surface area contributed by atoms with Crippen LogP contribution in [0.1, 0.15) is 45.4 Å². The van der Waals surface area contributed by atoms with Gasteiger partial charge in [-0.05, 0) is 49.9 Å². The topological polar surface area (TPSA) is 36.4 Å². The molecule has 0 aromatic heterocycles. The molecule has 0 spiro atoms. The van der Waals surface area contributed by atoms with Crippen LogP contribution in [0.2, 0.25) is 0 Å². The normalized spacial score (nSPS) is 19.6. The number of hydrogen-bond donors (Lipinski definition) is 2. The lowest BCUT2D eigenvalue weighted by atomic mass is 9.98. The summed E-state index contributed by atoms with van der Waals surface area (Å²) < 4.78 is 0. The maximum atomic E-state index is 4.29. The van der Waals surface area contributed by atoms with Gasteiger partial charge in [0.05, 0.1) is 0 Å². The summed E-state index contributed by atoms with van der Waals surface area (Å²) in [5, 5.41) is 6.89. The third-order valence-electron chi connectivity index (χ3n) is 4.01. The van der Waals surface area contributed by atoms with Crippen LogP contribution in [0.15, 0.2) is 4.99 Å². The number of unbranched alkanes of at least 4 members (excludes halogenated alkanes) is 1. The Bertz CT molecular complexity index is 248. The number of nitrogens with zero attached hydrogens (tertiary/aromatic N) is 1. The summed E-state index contributed by atoms with van der Waals surface area (Å²) in [6.45, 7) is 4.38. The van der Waals surface area contributed by atoms with Gasteiger partial charge in [-0.2, -0.15) is 0 Å². The van der Waals surface area contributed by atoms with Crippen LogP contribution in [-0.2, 0) is 0 Å². The van der Waals surface area contributed by atoms with E-state index in [1.54, 1.807) is 0 Å². The van der Waals surface area contributed by atoms with E-state index in [0.29, 0.717) is 0 Å². The van der Waals surface area contributed by atoms with Crippen LogP contribution in [0, 0.1) is 17.8 Å². The highest BCUT2D eigenvalue weighted by Crippen LogP contribution is 2.48. The molecule has 0 unspecified atom stereocenters. The zero-order valence-electron chi connectivity index (χ0n) is 11.7. The Morgan fingerprint density at radius 3 is 2.22 bits per heavy atom. The number of guanidine groups is 1. The van der Waals surface area contributed by atoms with Crippen molar-refractivity contribution in [1.82, 2.24) is 10.6 Å². The second kappa shape index (κ2) is 8.23. The van der Waals surface area contributed by atoms with Crippen molar-refractivity contribution in [3.63, 3.8) is 0 Å². The van der Waals surface area contributed by atoms with E-state index in [9.17, 15) is 0 Å². The fourth-order valence-electron chi connectivity index (χ4n) is 2.59. The van der Waals surface area contributed by atoms with Crippen molar-refractivity contribution in [3.05, 3.63) is 0 Å². The van der Waals surface area contributed by atoms with Crippen molar-refractivity contribution in [2.75, 3.05) is 20.1 Å². The van der Waals surface area contributed by atoms with Crippen LogP contribution >= 0.6 is 24.0 Å². The van der Waals surface area contributed by atoms with E-state index in [0.717, 1.165) is 36.8 Å². The molecule has 2 fully saturated rings. The summed E-state index contributed by atoms with van der Waals surface area (Å²) in [5.41, 5.74) is 0. The van der Waals surface area contributed by atoms with Gasteiger partial charge in [0.25, 0.3) is 0 Å². The van der Waals surface area contributed by atoms with Gasteiger partial charge in [-0.1, -0.05) is 13.3 Å². The first-order valence-corrected chi connectivity index (χ1v) is 7.29. The van der Waals surface area contributed by atoms with Gasteiger partial charge >= 0.3 is 0 Å². The molecule has 2 saturated carbocycles. The fraction of sp³-hybridized carbons (Fsp3) is 0.929. The molecule has 0 aromatic rings. The SMILES string of the molecule is CCCCNC(=NC)NCC(C1CC1)C1CC1.I. The molecule has 4 heteroatoms. The van der Waals surface area contributed by atoms with Crippen molar-refractivity contribution in [2.24, 2.45) is 22.7 Å². The summed E-state index contributed by atoms with van der Waals surface area (Å²) in [7, 11) is 1.87. The Balaban J connectivity index is 0.00000162. The smallest absolute Gasteiger partial charge is 0.190 e. The molecular weight excluding hydrogens is 337 g/mol. The maximum absolute atomic E-state index is 4.29. The molecule has 18 heavy (non-hydrogen) atoms. The van der Waals surface area contributed by atoms with Crippen LogP contribution in [-0.4, -0.2) is 26.1 Å². The molecule has 2 aliphatic carbocycles. The van der Waals surface area contributed by atoms with Gasteiger partial charge < -0.3 is 10.6 Å². The maximum Gasteiger partial charge on any atom is 0.190 e. The van der Waals surface area contributed by atoms with Crippen molar-refractivity contribution < 1.29 is 0 Å². The van der Waals surface area contributed by atoms with Crippen LogP contribution in [0.4, 0.5) is 0 Å². The van der Waals surface area contributed by atoms with E-state index in [1.807, 2.05) is 7.05 Å². The highest BCUT2D eigenvalue weighted by molar-refractivity contribution is 14.0. The first kappa shape index (κ1) is 16.1. The lowest BCUT2D eigenvalue weighted by Gasteiger charge is -2.18. The second-order valence-corrected chi connectivity index (χ2v) is 5.57. The number of rotatable bonds is 7. The molecule has 0 bridgehead atoms. The van der Waals surface area contributed by atoms with Crippen molar-refractivity contribution >= 4 is 29.9 Å². The molecule has 0 heterocycles. The minimum Gasteiger partial charge on any atom is -0.356 e. The molecule has 0 saturated heterocycles. The fourth-order valence-corrected chi connectivity index (χ4v) is 2.59. The first-order chi connectivity index (χ1) is 8.35. The summed E-state index contributed by atoms with van der Waals surface area (Å²) in [6.07, 6.45) is 8.30. The van der Waals surface area contributed by atoms with Gasteiger partial charge in [0.15, 0.2) is 5.96 Å². The van der Waals surface area contributed by atoms with E-state index >= 15 is 0 Å². The number of halogens is 1. The highest BCUT2D eigenvalue weighted by atomic mass is 127. The Hall–Kier alpha value is 0. The third kappa shape index (κ3) is 5.33. The predicted molar refractivity (Wildman–Crippen MR) is 88.6 cm³/mol. The average Bonchev–Trinajstić information content (AvgIpc) is 3.19. The number of nitrogens with one attached hydrogen (secondary N) is 2. The standard InChI is InChI=1S/C14H27N3.HI/c1-3-4-9-16-14(15-2)17-10-13(11-5-6-11)12-7-8-12;/h11-13H,3-10H2,1-2H3,(H2,15,16,17);1H. The third-order valence-corrected chi connectivity index (χ3v) is 4.01. The molecule has 0 atom stereocenters. The van der Waals surface area contributed by atoms with Gasteiger partial charge in [-0.3, -0.25) is 4.99 Å². The molecule has 0 radical (unpaired) electrons. The molecule has 0 aliphatic heterocycles. The average molecular weight is 365 g/mol. The number of aliphatic imine (C=N–C) groups is 1. The summed E-state index contributed by atoms with van der Waals surface area (Å²) >= 11 is 0. The quantitative estimate of drug-likeness (QED) is 0.315. The van der Waals surface area contributed by atoms with Crippen molar-refractivity contribution in [3.8, 4) is 0 Å². The van der Waals surface area contributed by atoms with Gasteiger partial charge in [-0.15, -0.1) is 24.0 Å². The predicted octanol–water partition coefficient (Wildman–Crippen LogP) is 3.01. The molecule has 2 aliphatic rings. The molecule has 106 valence electrons. The van der Waals surface area contributed by atoms with Crippen LogP contribution in [0.25, 0.3) is 0 Å². The van der Waals surface area contributed by atoms with E-state index in [-0.39, 0.29) is 24.0 Å². The minimum atomic E-state index is 0. The van der Waals surface area contributed by atoms with Gasteiger partial charge in [-0.25, -0.2) is 0 Å². The molecule has 0 amide bonds. The Labute approximate surface area is 129 Å². The lowest BCUT2D eigenvalue weighted by molar-refractivity contribution is 0.400. The highest BCUT2D eigenvalue weighted by Gasteiger charge is 2.41. The Morgan fingerprint density at radius 2 is 1.78 bits per heavy atom. The van der Waals surface area contributed by atoms with E-state index < -0.39 is 0 Å². The second-order valence-electron chi connectivity index (χ2n) is 5.57. The summed E-state index contributed by atoms with van der Waals surface area (Å²) in [6, 6.07) is 0. The van der Waals surface area contributed by atoms with Gasteiger partial charge in [0.2, 0.25) is 0 Å². The summed E-state index contributed by atoms with van der Waals surface area (Å²) in [4.78, 5) is 4.29. The minimum absolute atomic E-state index is 0. The lowest BCUT2D eigenvalue weighted by Crippen LogP contribution is -2.40. The van der Waals surface area contributed by atoms with Crippen molar-refractivity contribution in [1.29, 1.82) is 0 Å². The molecular formula is C14H28IN3. The zero-order chi connectivity index (χ0) is 12.1. The van der Waals surface area contributed by atoms with Gasteiger partial charge in [0, 0.05) is 20.1 Å². The number of hydrogen-bond acceptors (Lipinski definition) is 1. The largest absolute Gasteiger partial charge is 0.356 e. The molecule has 2 rings (SSSR count). The van der Waals surface area contributed by atoms with Crippen LogP contribution in [0.5, 0.6) is 0 Å². The van der Waals surface area contributed by atoms with Gasteiger partial charge in [0.1, 0.15) is 0 Å². The Morgan fingerprint density at radius 1 is 1.17 bits per heavy atom. The molecule has 0 aromatic carbocycles. The zero-order valence-corrected chi connectivity index (χ0v) is 14.1. The Kier molecular flexibility index (Phi) is 7.34. The summed E-state index contributed by atoms with van der Waals surface area (Å²) in [5.74, 6) is 3.94. The van der Waals surface area contributed by atoms with Crippen LogP contribution < -0.4 is 10.6 Å². The monoisotopic (exact) mass is 365 g/mol. The molecule has 2 N–H and O–H groups in total. The van der Waals surface area contributed by atoms with E-state index in [1.165, 1.54) is 38.5 Å². The van der Waals surface area contributed by atoms with E-state index in [4.69, 9.17) is 0 Å².